The van der Waals surface area contributed by atoms with Crippen LogP contribution in [0.25, 0.3) is 0 Å². The summed E-state index contributed by atoms with van der Waals surface area (Å²) in [5.41, 5.74) is 7.13. The minimum atomic E-state index is -0.853. The Morgan fingerprint density at radius 3 is 2.52 bits per heavy atom. The van der Waals surface area contributed by atoms with E-state index < -0.39 is 10.8 Å². The molecule has 1 saturated carbocycles. The largest absolute Gasteiger partial charge is 0.493 e. The highest BCUT2D eigenvalue weighted by atomic mass is 32.2. The Balaban J connectivity index is 1.95. The second kappa shape index (κ2) is 7.80. The number of hydrogen-bond donors (Lipinski definition) is 1. The number of nitrogens with two attached hydrogens (primary N) is 1. The predicted molar refractivity (Wildman–Crippen MR) is 86.3 cm³/mol. The fourth-order valence-electron chi connectivity index (χ4n) is 2.89. The van der Waals surface area contributed by atoms with Gasteiger partial charge in [-0.15, -0.1) is 0 Å². The fraction of sp³-hybridized carbons (Fsp3) is 0.625. The van der Waals surface area contributed by atoms with Gasteiger partial charge in [-0.2, -0.15) is 0 Å². The van der Waals surface area contributed by atoms with Crippen molar-refractivity contribution < 1.29 is 13.7 Å². The van der Waals surface area contributed by atoms with Gasteiger partial charge in [-0.3, -0.25) is 4.21 Å². The van der Waals surface area contributed by atoms with E-state index in [1.165, 1.54) is 25.7 Å². The third kappa shape index (κ3) is 4.45. The molecule has 1 aromatic rings. The summed E-state index contributed by atoms with van der Waals surface area (Å²) in [7, 11) is 2.35. The van der Waals surface area contributed by atoms with Crippen LogP contribution in [0.3, 0.4) is 0 Å². The van der Waals surface area contributed by atoms with Crippen LogP contribution >= 0.6 is 0 Å². The van der Waals surface area contributed by atoms with Gasteiger partial charge in [0.25, 0.3) is 0 Å². The zero-order valence-corrected chi connectivity index (χ0v) is 13.7. The predicted octanol–water partition coefficient (Wildman–Crippen LogP) is 2.64. The summed E-state index contributed by atoms with van der Waals surface area (Å²) in [6, 6.07) is 5.40. The molecule has 1 aliphatic rings. The summed E-state index contributed by atoms with van der Waals surface area (Å²) in [4.78, 5) is 0. The molecule has 21 heavy (non-hydrogen) atoms. The quantitative estimate of drug-likeness (QED) is 0.841. The van der Waals surface area contributed by atoms with Crippen LogP contribution in [0.5, 0.6) is 11.5 Å². The second-order valence-electron chi connectivity index (χ2n) is 5.64. The highest BCUT2D eigenvalue weighted by Gasteiger charge is 2.20. The first-order chi connectivity index (χ1) is 10.1. The molecule has 2 unspecified atom stereocenters. The lowest BCUT2D eigenvalue weighted by molar-refractivity contribution is 0.354. The molecule has 1 aromatic carbocycles. The molecule has 0 radical (unpaired) electrons. The SMILES string of the molecule is COc1ccc(C(N)CS(=O)CC2CCCC2)cc1OC. The number of methoxy groups -OCH3 is 2. The van der Waals surface area contributed by atoms with Crippen molar-refractivity contribution in [2.45, 2.75) is 31.7 Å². The first-order valence-corrected chi connectivity index (χ1v) is 8.95. The van der Waals surface area contributed by atoms with Gasteiger partial charge < -0.3 is 15.2 Å². The minimum absolute atomic E-state index is 0.230. The van der Waals surface area contributed by atoms with Gasteiger partial charge in [-0.25, -0.2) is 0 Å². The van der Waals surface area contributed by atoms with Gasteiger partial charge in [0.15, 0.2) is 11.5 Å². The van der Waals surface area contributed by atoms with E-state index >= 15 is 0 Å². The molecule has 4 nitrogen and oxygen atoms in total. The normalized spacial score (nSPS) is 18.4. The second-order valence-corrected chi connectivity index (χ2v) is 7.19. The molecule has 118 valence electrons. The van der Waals surface area contributed by atoms with Gasteiger partial charge >= 0.3 is 0 Å². The number of benzene rings is 1. The van der Waals surface area contributed by atoms with Crippen molar-refractivity contribution in [3.63, 3.8) is 0 Å². The van der Waals surface area contributed by atoms with Gasteiger partial charge in [0.05, 0.1) is 14.2 Å². The Labute approximate surface area is 129 Å². The van der Waals surface area contributed by atoms with Crippen molar-refractivity contribution in [3.05, 3.63) is 23.8 Å². The fourth-order valence-corrected chi connectivity index (χ4v) is 4.48. The van der Waals surface area contributed by atoms with Gasteiger partial charge in [0, 0.05) is 28.3 Å². The van der Waals surface area contributed by atoms with Crippen LogP contribution in [0.2, 0.25) is 0 Å². The van der Waals surface area contributed by atoms with Crippen LogP contribution < -0.4 is 15.2 Å². The molecular formula is C16H25NO3S. The maximum Gasteiger partial charge on any atom is 0.161 e. The van der Waals surface area contributed by atoms with Gasteiger partial charge in [0.1, 0.15) is 0 Å². The Bertz CT molecular complexity index is 486. The summed E-state index contributed by atoms with van der Waals surface area (Å²) >= 11 is 0. The van der Waals surface area contributed by atoms with Crippen LogP contribution in [0.4, 0.5) is 0 Å². The summed E-state index contributed by atoms with van der Waals surface area (Å²) in [5, 5.41) is 0. The van der Waals surface area contributed by atoms with Crippen molar-refractivity contribution in [2.75, 3.05) is 25.7 Å². The molecule has 5 heteroatoms. The Morgan fingerprint density at radius 2 is 1.90 bits per heavy atom. The van der Waals surface area contributed by atoms with E-state index in [4.69, 9.17) is 15.2 Å². The lowest BCUT2D eigenvalue weighted by atomic mass is 10.1. The zero-order chi connectivity index (χ0) is 15.2. The summed E-state index contributed by atoms with van der Waals surface area (Å²) in [6.45, 7) is 0. The van der Waals surface area contributed by atoms with E-state index in [0.717, 1.165) is 11.3 Å². The molecule has 1 aliphatic carbocycles. The molecule has 0 aliphatic heterocycles. The monoisotopic (exact) mass is 311 g/mol. The highest BCUT2D eigenvalue weighted by Crippen LogP contribution is 2.30. The van der Waals surface area contributed by atoms with Crippen molar-refractivity contribution in [1.82, 2.24) is 0 Å². The van der Waals surface area contributed by atoms with Crippen molar-refractivity contribution >= 4 is 10.8 Å². The van der Waals surface area contributed by atoms with Crippen molar-refractivity contribution in [2.24, 2.45) is 11.7 Å². The minimum Gasteiger partial charge on any atom is -0.493 e. The number of hydrogen-bond acceptors (Lipinski definition) is 4. The average Bonchev–Trinajstić information content (AvgIpc) is 2.99. The van der Waals surface area contributed by atoms with E-state index in [9.17, 15) is 4.21 Å². The van der Waals surface area contributed by atoms with Crippen LogP contribution in [0, 0.1) is 5.92 Å². The number of ether oxygens (including phenoxy) is 2. The van der Waals surface area contributed by atoms with E-state index in [0.29, 0.717) is 23.2 Å². The van der Waals surface area contributed by atoms with E-state index in [1.54, 1.807) is 14.2 Å². The van der Waals surface area contributed by atoms with Crippen molar-refractivity contribution in [1.29, 1.82) is 0 Å². The van der Waals surface area contributed by atoms with E-state index in [1.807, 2.05) is 18.2 Å². The summed E-state index contributed by atoms with van der Waals surface area (Å²) in [5.74, 6) is 3.27. The third-order valence-electron chi connectivity index (χ3n) is 4.10. The van der Waals surface area contributed by atoms with E-state index in [2.05, 4.69) is 0 Å². The molecule has 0 bridgehead atoms. The standard InChI is InChI=1S/C16H25NO3S/c1-19-15-8-7-13(9-16(15)20-2)14(17)11-21(18)10-12-5-3-4-6-12/h7-9,12,14H,3-6,10-11,17H2,1-2H3. The molecule has 0 heterocycles. The maximum absolute atomic E-state index is 12.2. The van der Waals surface area contributed by atoms with Gasteiger partial charge in [-0.05, 0) is 36.5 Å². The van der Waals surface area contributed by atoms with Crippen molar-refractivity contribution in [3.8, 4) is 11.5 Å². The molecule has 0 amide bonds. The molecule has 1 fully saturated rings. The molecule has 2 rings (SSSR count). The van der Waals surface area contributed by atoms with Crippen LogP contribution in [0.1, 0.15) is 37.3 Å². The van der Waals surface area contributed by atoms with E-state index in [-0.39, 0.29) is 6.04 Å². The molecule has 0 saturated heterocycles. The van der Waals surface area contributed by atoms with Crippen LogP contribution in [-0.2, 0) is 10.8 Å². The lowest BCUT2D eigenvalue weighted by Crippen LogP contribution is -2.21. The first kappa shape index (κ1) is 16.3. The molecular weight excluding hydrogens is 286 g/mol. The molecule has 0 spiro atoms. The lowest BCUT2D eigenvalue weighted by Gasteiger charge is -2.16. The molecule has 2 atom stereocenters. The smallest absolute Gasteiger partial charge is 0.161 e. The summed E-state index contributed by atoms with van der Waals surface area (Å²) < 4.78 is 22.7. The zero-order valence-electron chi connectivity index (χ0n) is 12.8. The topological polar surface area (TPSA) is 61.5 Å². The maximum atomic E-state index is 12.2. The Kier molecular flexibility index (Phi) is 6.06. The van der Waals surface area contributed by atoms with Gasteiger partial charge in [0.2, 0.25) is 0 Å². The molecule has 0 aromatic heterocycles. The highest BCUT2D eigenvalue weighted by molar-refractivity contribution is 7.85. The van der Waals surface area contributed by atoms with Crippen LogP contribution in [0.15, 0.2) is 18.2 Å². The number of rotatable bonds is 7. The Hall–Kier alpha value is -1.07. The van der Waals surface area contributed by atoms with Crippen LogP contribution in [-0.4, -0.2) is 29.9 Å². The first-order valence-electron chi connectivity index (χ1n) is 7.46. The van der Waals surface area contributed by atoms with Gasteiger partial charge in [-0.1, -0.05) is 18.9 Å². The third-order valence-corrected chi connectivity index (χ3v) is 5.67. The summed E-state index contributed by atoms with van der Waals surface area (Å²) in [6.07, 6.45) is 5.00. The Morgan fingerprint density at radius 1 is 1.24 bits per heavy atom. The average molecular weight is 311 g/mol. The molecule has 2 N–H and O–H groups in total.